The van der Waals surface area contributed by atoms with Crippen LogP contribution in [0, 0.1) is 0 Å². The molecule has 1 aromatic carbocycles. The van der Waals surface area contributed by atoms with E-state index in [4.69, 9.17) is 13.9 Å². The first kappa shape index (κ1) is 16.1. The van der Waals surface area contributed by atoms with Crippen LogP contribution in [0.2, 0.25) is 0 Å². The van der Waals surface area contributed by atoms with Crippen molar-refractivity contribution in [1.29, 1.82) is 0 Å². The molecule has 0 radical (unpaired) electrons. The highest BCUT2D eigenvalue weighted by Crippen LogP contribution is 2.35. The molecule has 4 rings (SSSR count). The standard InChI is InChI=1S/C18H21N3O4/c1-11(2)16-19-20-17(25-16)15-9-21(7-8-23-15)18(22)13-10-24-14-6-4-3-5-12(13)14/h3-6,11,13,15H,7-10H2,1-2H3/t13-,15-/m1/s1. The highest BCUT2D eigenvalue weighted by molar-refractivity contribution is 5.85. The summed E-state index contributed by atoms with van der Waals surface area (Å²) in [5.41, 5.74) is 0.954. The van der Waals surface area contributed by atoms with Gasteiger partial charge >= 0.3 is 0 Å². The number of benzene rings is 1. The summed E-state index contributed by atoms with van der Waals surface area (Å²) in [6, 6.07) is 7.70. The van der Waals surface area contributed by atoms with Gasteiger partial charge in [-0.15, -0.1) is 10.2 Å². The zero-order valence-electron chi connectivity index (χ0n) is 14.3. The lowest BCUT2D eigenvalue weighted by atomic mass is 9.99. The average molecular weight is 343 g/mol. The maximum absolute atomic E-state index is 13.0. The largest absolute Gasteiger partial charge is 0.492 e. The number of para-hydroxylation sites is 1. The second kappa shape index (κ2) is 6.48. The first-order valence-corrected chi connectivity index (χ1v) is 8.59. The Labute approximate surface area is 145 Å². The molecular formula is C18H21N3O4. The molecule has 0 aliphatic carbocycles. The number of fused-ring (bicyclic) bond motifs is 1. The van der Waals surface area contributed by atoms with Gasteiger partial charge in [0.25, 0.3) is 0 Å². The van der Waals surface area contributed by atoms with Crippen LogP contribution in [0.3, 0.4) is 0 Å². The van der Waals surface area contributed by atoms with Crippen molar-refractivity contribution in [2.24, 2.45) is 0 Å². The molecule has 7 nitrogen and oxygen atoms in total. The molecule has 0 bridgehead atoms. The second-order valence-corrected chi connectivity index (χ2v) is 6.68. The Kier molecular flexibility index (Phi) is 4.17. The predicted octanol–water partition coefficient (Wildman–Crippen LogP) is 2.27. The molecule has 3 heterocycles. The van der Waals surface area contributed by atoms with Gasteiger partial charge in [-0.2, -0.15) is 0 Å². The van der Waals surface area contributed by atoms with E-state index in [-0.39, 0.29) is 23.8 Å². The number of hydrogen-bond donors (Lipinski definition) is 0. The van der Waals surface area contributed by atoms with Gasteiger partial charge in [-0.25, -0.2) is 0 Å². The Morgan fingerprint density at radius 3 is 2.92 bits per heavy atom. The van der Waals surface area contributed by atoms with Crippen molar-refractivity contribution >= 4 is 5.91 Å². The summed E-state index contributed by atoms with van der Waals surface area (Å²) in [6.07, 6.45) is -0.379. The highest BCUT2D eigenvalue weighted by atomic mass is 16.5. The highest BCUT2D eigenvalue weighted by Gasteiger charge is 2.36. The van der Waals surface area contributed by atoms with E-state index in [1.807, 2.05) is 43.0 Å². The Morgan fingerprint density at radius 2 is 2.12 bits per heavy atom. The van der Waals surface area contributed by atoms with E-state index in [1.165, 1.54) is 0 Å². The zero-order chi connectivity index (χ0) is 17.4. The van der Waals surface area contributed by atoms with E-state index in [9.17, 15) is 4.79 Å². The molecule has 132 valence electrons. The summed E-state index contributed by atoms with van der Waals surface area (Å²) in [6.45, 7) is 5.79. The lowest BCUT2D eigenvalue weighted by molar-refractivity contribution is -0.141. The fourth-order valence-corrected chi connectivity index (χ4v) is 3.20. The normalized spacial score (nSPS) is 22.8. The molecule has 0 spiro atoms. The van der Waals surface area contributed by atoms with Crippen molar-refractivity contribution in [2.45, 2.75) is 31.8 Å². The average Bonchev–Trinajstić information content (AvgIpc) is 3.28. The third kappa shape index (κ3) is 3.00. The van der Waals surface area contributed by atoms with E-state index in [2.05, 4.69) is 10.2 Å². The number of carbonyl (C=O) groups is 1. The van der Waals surface area contributed by atoms with E-state index in [0.29, 0.717) is 38.1 Å². The minimum Gasteiger partial charge on any atom is -0.492 e. The second-order valence-electron chi connectivity index (χ2n) is 6.68. The van der Waals surface area contributed by atoms with Gasteiger partial charge in [-0.3, -0.25) is 4.79 Å². The first-order valence-electron chi connectivity index (χ1n) is 8.59. The molecule has 0 N–H and O–H groups in total. The van der Waals surface area contributed by atoms with Crippen molar-refractivity contribution in [3.05, 3.63) is 41.6 Å². The van der Waals surface area contributed by atoms with Crippen LogP contribution in [-0.2, 0) is 9.53 Å². The van der Waals surface area contributed by atoms with E-state index >= 15 is 0 Å². The van der Waals surface area contributed by atoms with E-state index < -0.39 is 0 Å². The molecule has 1 fully saturated rings. The monoisotopic (exact) mass is 343 g/mol. The number of morpholine rings is 1. The van der Waals surface area contributed by atoms with Crippen molar-refractivity contribution in [1.82, 2.24) is 15.1 Å². The molecule has 25 heavy (non-hydrogen) atoms. The van der Waals surface area contributed by atoms with Gasteiger partial charge in [0.05, 0.1) is 13.2 Å². The zero-order valence-corrected chi connectivity index (χ0v) is 14.3. The maximum atomic E-state index is 13.0. The molecule has 2 aliphatic heterocycles. The molecule has 1 saturated heterocycles. The third-order valence-corrected chi connectivity index (χ3v) is 4.60. The quantitative estimate of drug-likeness (QED) is 0.851. The Balaban J connectivity index is 1.48. The lowest BCUT2D eigenvalue weighted by Crippen LogP contribution is -2.44. The smallest absolute Gasteiger partial charge is 0.247 e. The van der Waals surface area contributed by atoms with Gasteiger partial charge < -0.3 is 18.8 Å². The van der Waals surface area contributed by atoms with E-state index in [1.54, 1.807) is 0 Å². The fourth-order valence-electron chi connectivity index (χ4n) is 3.20. The molecule has 2 aliphatic rings. The minimum absolute atomic E-state index is 0.0573. The Morgan fingerprint density at radius 1 is 1.28 bits per heavy atom. The summed E-state index contributed by atoms with van der Waals surface area (Å²) < 4.78 is 17.1. The van der Waals surface area contributed by atoms with Crippen molar-refractivity contribution < 1.29 is 18.7 Å². The summed E-state index contributed by atoms with van der Waals surface area (Å²) in [5.74, 6) is 1.77. The molecule has 0 saturated carbocycles. The van der Waals surface area contributed by atoms with Crippen molar-refractivity contribution in [3.8, 4) is 5.75 Å². The minimum atomic E-state index is -0.379. The number of hydrogen-bond acceptors (Lipinski definition) is 6. The fraction of sp³-hybridized carbons (Fsp3) is 0.500. The van der Waals surface area contributed by atoms with Crippen LogP contribution in [0.5, 0.6) is 5.75 Å². The number of carbonyl (C=O) groups excluding carboxylic acids is 1. The van der Waals surface area contributed by atoms with Gasteiger partial charge in [0.15, 0.2) is 6.10 Å². The number of rotatable bonds is 3. The summed E-state index contributed by atoms with van der Waals surface area (Å²) in [4.78, 5) is 14.8. The Bertz CT molecular complexity index is 773. The molecule has 2 atom stereocenters. The summed E-state index contributed by atoms with van der Waals surface area (Å²) in [7, 11) is 0. The predicted molar refractivity (Wildman–Crippen MR) is 88.3 cm³/mol. The third-order valence-electron chi connectivity index (χ3n) is 4.60. The van der Waals surface area contributed by atoms with Crippen LogP contribution in [0.1, 0.15) is 49.1 Å². The van der Waals surface area contributed by atoms with Gasteiger partial charge in [0, 0.05) is 18.0 Å². The first-order chi connectivity index (χ1) is 12.1. The van der Waals surface area contributed by atoms with Crippen molar-refractivity contribution in [2.75, 3.05) is 26.3 Å². The van der Waals surface area contributed by atoms with Gasteiger partial charge in [-0.1, -0.05) is 32.0 Å². The molecule has 0 unspecified atom stereocenters. The van der Waals surface area contributed by atoms with Gasteiger partial charge in [0.1, 0.15) is 18.3 Å². The molecule has 2 aromatic rings. The van der Waals surface area contributed by atoms with E-state index in [0.717, 1.165) is 11.3 Å². The van der Waals surface area contributed by atoms with Gasteiger partial charge in [0.2, 0.25) is 17.7 Å². The summed E-state index contributed by atoms with van der Waals surface area (Å²) in [5, 5.41) is 8.13. The van der Waals surface area contributed by atoms with Crippen LogP contribution in [-0.4, -0.2) is 47.3 Å². The SMILES string of the molecule is CC(C)c1nnc([C@H]2CN(C(=O)[C@@H]3COc4ccccc43)CCO2)o1. The van der Waals surface area contributed by atoms with Crippen LogP contribution < -0.4 is 4.74 Å². The molecule has 1 aromatic heterocycles. The van der Waals surface area contributed by atoms with Crippen LogP contribution in [0.4, 0.5) is 0 Å². The van der Waals surface area contributed by atoms with Crippen molar-refractivity contribution in [3.63, 3.8) is 0 Å². The topological polar surface area (TPSA) is 77.7 Å². The van der Waals surface area contributed by atoms with Gasteiger partial charge in [-0.05, 0) is 6.07 Å². The Hall–Kier alpha value is -2.41. The lowest BCUT2D eigenvalue weighted by Gasteiger charge is -2.32. The number of ether oxygens (including phenoxy) is 2. The maximum Gasteiger partial charge on any atom is 0.247 e. The molecule has 7 heteroatoms. The summed E-state index contributed by atoms with van der Waals surface area (Å²) >= 11 is 0. The number of nitrogens with zero attached hydrogens (tertiary/aromatic N) is 3. The van der Waals surface area contributed by atoms with Crippen LogP contribution >= 0.6 is 0 Å². The number of aromatic nitrogens is 2. The van der Waals surface area contributed by atoms with Crippen LogP contribution in [0.25, 0.3) is 0 Å². The molecular weight excluding hydrogens is 322 g/mol. The number of amides is 1. The van der Waals surface area contributed by atoms with Crippen LogP contribution in [0.15, 0.2) is 28.7 Å². The molecule has 1 amide bonds.